The van der Waals surface area contributed by atoms with E-state index in [9.17, 15) is 24.5 Å². The molecule has 9 heteroatoms. The van der Waals surface area contributed by atoms with E-state index in [0.717, 1.165) is 22.3 Å². The van der Waals surface area contributed by atoms with Crippen molar-refractivity contribution >= 4 is 29.0 Å². The first-order chi connectivity index (χ1) is 14.8. The fraction of sp³-hybridized carbons (Fsp3) is 0.136. The molecule has 0 bridgehead atoms. The van der Waals surface area contributed by atoms with Gasteiger partial charge in [0, 0.05) is 43.6 Å². The van der Waals surface area contributed by atoms with Crippen molar-refractivity contribution in [2.45, 2.75) is 12.6 Å². The van der Waals surface area contributed by atoms with Gasteiger partial charge < -0.3 is 4.90 Å². The van der Waals surface area contributed by atoms with Gasteiger partial charge in [-0.15, -0.1) is 0 Å². The SMILES string of the molecule is CN(Cc1ccccc1)C(=O)C(C(=O)c1cccc([N+](=O)[O-])c1)n1cc(Cl)ccc1=O. The van der Waals surface area contributed by atoms with Crippen LogP contribution in [0.4, 0.5) is 5.69 Å². The number of halogens is 1. The monoisotopic (exact) mass is 439 g/mol. The first kappa shape index (κ1) is 21.9. The van der Waals surface area contributed by atoms with Crippen LogP contribution in [0.3, 0.4) is 0 Å². The van der Waals surface area contributed by atoms with E-state index < -0.39 is 28.2 Å². The Bertz CT molecular complexity index is 1190. The molecule has 0 aliphatic rings. The Kier molecular flexibility index (Phi) is 6.61. The van der Waals surface area contributed by atoms with Crippen LogP contribution < -0.4 is 5.56 Å². The molecule has 0 aliphatic carbocycles. The van der Waals surface area contributed by atoms with E-state index in [1.54, 1.807) is 0 Å². The Labute approximate surface area is 182 Å². The molecule has 1 atom stereocenters. The van der Waals surface area contributed by atoms with Gasteiger partial charge in [-0.1, -0.05) is 54.1 Å². The van der Waals surface area contributed by atoms with Gasteiger partial charge in [0.15, 0.2) is 11.8 Å². The van der Waals surface area contributed by atoms with E-state index >= 15 is 0 Å². The van der Waals surface area contributed by atoms with E-state index in [-0.39, 0.29) is 22.8 Å². The standard InChI is InChI=1S/C22H18ClN3O5/c1-24(13-15-6-3-2-4-7-15)22(29)20(25-14-17(23)10-11-19(25)27)21(28)16-8-5-9-18(12-16)26(30)31/h2-12,14,20H,13H2,1H3. The first-order valence-electron chi connectivity index (χ1n) is 9.23. The van der Waals surface area contributed by atoms with E-state index in [1.165, 1.54) is 42.4 Å². The topological polar surface area (TPSA) is 103 Å². The lowest BCUT2D eigenvalue weighted by atomic mass is 10.0. The average molecular weight is 440 g/mol. The summed E-state index contributed by atoms with van der Waals surface area (Å²) in [6, 6.07) is 15.1. The van der Waals surface area contributed by atoms with Crippen molar-refractivity contribution < 1.29 is 14.5 Å². The van der Waals surface area contributed by atoms with E-state index in [1.807, 2.05) is 30.3 Å². The van der Waals surface area contributed by atoms with Crippen molar-refractivity contribution in [3.63, 3.8) is 0 Å². The molecule has 0 fully saturated rings. The molecular weight excluding hydrogens is 422 g/mol. The number of aromatic nitrogens is 1. The van der Waals surface area contributed by atoms with Gasteiger partial charge in [0.2, 0.25) is 0 Å². The number of benzene rings is 2. The minimum atomic E-state index is -1.57. The van der Waals surface area contributed by atoms with Gasteiger partial charge in [0.05, 0.1) is 9.95 Å². The fourth-order valence-electron chi connectivity index (χ4n) is 3.11. The number of nitrogens with zero attached hydrogens (tertiary/aromatic N) is 3. The Morgan fingerprint density at radius 1 is 1.10 bits per heavy atom. The summed E-state index contributed by atoms with van der Waals surface area (Å²) in [5.41, 5.74) is -0.131. The highest BCUT2D eigenvalue weighted by Gasteiger charge is 2.33. The highest BCUT2D eigenvalue weighted by molar-refractivity contribution is 6.30. The van der Waals surface area contributed by atoms with Gasteiger partial charge in [-0.05, 0) is 11.6 Å². The van der Waals surface area contributed by atoms with Gasteiger partial charge >= 0.3 is 0 Å². The normalized spacial score (nSPS) is 11.5. The third-order valence-electron chi connectivity index (χ3n) is 4.64. The molecule has 8 nitrogen and oxygen atoms in total. The zero-order valence-electron chi connectivity index (χ0n) is 16.5. The van der Waals surface area contributed by atoms with Crippen molar-refractivity contribution in [3.8, 4) is 0 Å². The van der Waals surface area contributed by atoms with Crippen LogP contribution in [0.5, 0.6) is 0 Å². The van der Waals surface area contributed by atoms with Crippen molar-refractivity contribution in [2.24, 2.45) is 0 Å². The molecule has 3 rings (SSSR count). The van der Waals surface area contributed by atoms with Crippen LogP contribution in [0.25, 0.3) is 0 Å². The van der Waals surface area contributed by atoms with Crippen LogP contribution in [-0.4, -0.2) is 33.1 Å². The van der Waals surface area contributed by atoms with Gasteiger partial charge in [-0.2, -0.15) is 0 Å². The van der Waals surface area contributed by atoms with Crippen LogP contribution in [-0.2, 0) is 11.3 Å². The molecule has 1 heterocycles. The summed E-state index contributed by atoms with van der Waals surface area (Å²) < 4.78 is 0.952. The smallest absolute Gasteiger partial charge is 0.270 e. The summed E-state index contributed by atoms with van der Waals surface area (Å²) in [6.07, 6.45) is 1.21. The predicted molar refractivity (Wildman–Crippen MR) is 115 cm³/mol. The number of nitro benzene ring substituents is 1. The molecule has 0 spiro atoms. The number of carbonyl (C=O) groups excluding carboxylic acids is 2. The molecule has 1 amide bonds. The van der Waals surface area contributed by atoms with Crippen LogP contribution in [0, 0.1) is 10.1 Å². The van der Waals surface area contributed by atoms with Gasteiger partial charge in [-0.25, -0.2) is 0 Å². The number of rotatable bonds is 7. The number of hydrogen-bond acceptors (Lipinski definition) is 5. The molecule has 0 N–H and O–H groups in total. The second kappa shape index (κ2) is 9.36. The molecule has 2 aromatic carbocycles. The maximum atomic E-state index is 13.3. The fourth-order valence-corrected chi connectivity index (χ4v) is 3.28. The highest BCUT2D eigenvalue weighted by Crippen LogP contribution is 2.22. The third kappa shape index (κ3) is 5.04. The summed E-state index contributed by atoms with van der Waals surface area (Å²) >= 11 is 6.01. The molecule has 1 unspecified atom stereocenters. The highest BCUT2D eigenvalue weighted by atomic mass is 35.5. The number of non-ortho nitro benzene ring substituents is 1. The Morgan fingerprint density at radius 3 is 2.48 bits per heavy atom. The summed E-state index contributed by atoms with van der Waals surface area (Å²) in [4.78, 5) is 50.9. The van der Waals surface area contributed by atoms with Crippen LogP contribution >= 0.6 is 11.6 Å². The van der Waals surface area contributed by atoms with Crippen LogP contribution in [0.15, 0.2) is 77.7 Å². The van der Waals surface area contributed by atoms with E-state index in [2.05, 4.69) is 0 Å². The number of carbonyl (C=O) groups is 2. The number of ketones is 1. The lowest BCUT2D eigenvalue weighted by molar-refractivity contribution is -0.384. The van der Waals surface area contributed by atoms with Crippen LogP contribution in [0.1, 0.15) is 22.0 Å². The molecule has 0 saturated carbocycles. The summed E-state index contributed by atoms with van der Waals surface area (Å²) in [5.74, 6) is -1.40. The zero-order chi connectivity index (χ0) is 22.5. The molecule has 0 aliphatic heterocycles. The first-order valence-corrected chi connectivity index (χ1v) is 9.61. The van der Waals surface area contributed by atoms with Gasteiger partial charge in [0.25, 0.3) is 17.2 Å². The molecular formula is C22H18ClN3O5. The van der Waals surface area contributed by atoms with Crippen molar-refractivity contribution in [2.75, 3.05) is 7.05 Å². The maximum Gasteiger partial charge on any atom is 0.270 e. The number of nitro groups is 1. The second-order valence-electron chi connectivity index (χ2n) is 6.85. The predicted octanol–water partition coefficient (Wildman–Crippen LogP) is 3.49. The number of amides is 1. The molecule has 158 valence electrons. The minimum absolute atomic E-state index is 0.0625. The number of Topliss-reactive ketones (excluding diaryl/α,β-unsaturated/α-hetero) is 1. The summed E-state index contributed by atoms with van der Waals surface area (Å²) in [5, 5.41) is 11.3. The Balaban J connectivity index is 2.04. The zero-order valence-corrected chi connectivity index (χ0v) is 17.2. The van der Waals surface area contributed by atoms with E-state index in [0.29, 0.717) is 0 Å². The van der Waals surface area contributed by atoms with Gasteiger partial charge in [0.1, 0.15) is 0 Å². The lowest BCUT2D eigenvalue weighted by Crippen LogP contribution is -2.42. The molecule has 1 aromatic heterocycles. The Morgan fingerprint density at radius 2 is 1.81 bits per heavy atom. The number of hydrogen-bond donors (Lipinski definition) is 0. The number of likely N-dealkylation sites (N-methyl/N-ethyl adjacent to an activating group) is 1. The summed E-state index contributed by atoms with van der Waals surface area (Å²) in [7, 11) is 1.51. The van der Waals surface area contributed by atoms with Crippen molar-refractivity contribution in [1.82, 2.24) is 9.47 Å². The molecule has 3 aromatic rings. The van der Waals surface area contributed by atoms with Crippen molar-refractivity contribution in [1.29, 1.82) is 0 Å². The number of pyridine rings is 1. The van der Waals surface area contributed by atoms with E-state index in [4.69, 9.17) is 11.6 Å². The van der Waals surface area contributed by atoms with Crippen LogP contribution in [0.2, 0.25) is 5.02 Å². The lowest BCUT2D eigenvalue weighted by Gasteiger charge is -2.25. The molecule has 0 saturated heterocycles. The maximum absolute atomic E-state index is 13.3. The largest absolute Gasteiger partial charge is 0.339 e. The minimum Gasteiger partial charge on any atom is -0.339 e. The third-order valence-corrected chi connectivity index (χ3v) is 4.87. The molecule has 31 heavy (non-hydrogen) atoms. The average Bonchev–Trinajstić information content (AvgIpc) is 2.76. The molecule has 0 radical (unpaired) electrons. The van der Waals surface area contributed by atoms with Gasteiger partial charge in [-0.3, -0.25) is 29.1 Å². The summed E-state index contributed by atoms with van der Waals surface area (Å²) in [6.45, 7) is 0.202. The quantitative estimate of drug-likeness (QED) is 0.242. The van der Waals surface area contributed by atoms with Crippen molar-refractivity contribution in [3.05, 3.63) is 110 Å². The second-order valence-corrected chi connectivity index (χ2v) is 7.28. The Hall–Kier alpha value is -3.78.